The van der Waals surface area contributed by atoms with E-state index in [1.54, 1.807) is 14.5 Å². The van der Waals surface area contributed by atoms with Crippen LogP contribution in [0.5, 0.6) is 0 Å². The molecule has 0 spiro atoms. The zero-order valence-electron chi connectivity index (χ0n) is 11.1. The van der Waals surface area contributed by atoms with Gasteiger partial charge in [-0.15, -0.1) is 0 Å². The first-order valence-corrected chi connectivity index (χ1v) is 9.92. The molecule has 2 aliphatic carbocycles. The van der Waals surface area contributed by atoms with Gasteiger partial charge in [0.2, 0.25) is 0 Å². The van der Waals surface area contributed by atoms with Gasteiger partial charge >= 0.3 is 111 Å². The van der Waals surface area contributed by atoms with Crippen molar-refractivity contribution in [3.63, 3.8) is 0 Å². The first-order valence-electron chi connectivity index (χ1n) is 6.33. The van der Waals surface area contributed by atoms with Crippen LogP contribution in [-0.4, -0.2) is 0 Å². The molecule has 0 N–H and O–H groups in total. The van der Waals surface area contributed by atoms with Gasteiger partial charge in [0.05, 0.1) is 0 Å². The van der Waals surface area contributed by atoms with Gasteiger partial charge in [0.15, 0.2) is 0 Å². The molecule has 0 aromatic heterocycles. The third-order valence-corrected chi connectivity index (χ3v) is 9.33. The molecule has 2 aliphatic rings. The molecule has 0 unspecified atom stereocenters. The summed E-state index contributed by atoms with van der Waals surface area (Å²) in [4.78, 5) is 0. The summed E-state index contributed by atoms with van der Waals surface area (Å²) in [5.41, 5.74) is 3.40. The molecule has 0 nitrogen and oxygen atoms in total. The van der Waals surface area contributed by atoms with Crippen molar-refractivity contribution in [3.8, 4) is 0 Å². The molecule has 0 amide bonds. The monoisotopic (exact) mass is 450 g/mol. The largest absolute Gasteiger partial charge is 1.00 e. The van der Waals surface area contributed by atoms with Crippen molar-refractivity contribution in [1.82, 2.24) is 0 Å². The van der Waals surface area contributed by atoms with Crippen LogP contribution in [0.1, 0.15) is 46.0 Å². The number of hydrogen-bond donors (Lipinski definition) is 0. The predicted octanol–water partition coefficient (Wildman–Crippen LogP) is -1.28. The van der Waals surface area contributed by atoms with Crippen LogP contribution < -0.4 is 24.8 Å². The third kappa shape index (κ3) is 4.83. The van der Waals surface area contributed by atoms with Crippen molar-refractivity contribution in [2.24, 2.45) is 0 Å². The van der Waals surface area contributed by atoms with Crippen molar-refractivity contribution in [2.45, 2.75) is 46.0 Å². The minimum absolute atomic E-state index is 0. The van der Waals surface area contributed by atoms with Crippen LogP contribution in [0.4, 0.5) is 0 Å². The van der Waals surface area contributed by atoms with Crippen LogP contribution in [0, 0.1) is 0 Å². The first-order chi connectivity index (χ1) is 7.81. The molecule has 0 saturated carbocycles. The SMILES string of the molecule is CCCCC1=CCC(C)=[C]1[Hf+2][C]1=CC=CC1.[Cl-].[Cl-]. The molecule has 0 saturated heterocycles. The maximum atomic E-state index is 2.50. The zero-order chi connectivity index (χ0) is 11.4. The smallest absolute Gasteiger partial charge is 1.00 e. The number of halogens is 2. The molecule has 0 fully saturated rings. The van der Waals surface area contributed by atoms with E-state index in [0.29, 0.717) is 0 Å². The van der Waals surface area contributed by atoms with Gasteiger partial charge in [-0.3, -0.25) is 0 Å². The number of allylic oxidation sites excluding steroid dienone is 8. The Kier molecular flexibility index (Phi) is 9.55. The minimum Gasteiger partial charge on any atom is -1.00 e. The van der Waals surface area contributed by atoms with E-state index in [4.69, 9.17) is 0 Å². The van der Waals surface area contributed by atoms with Gasteiger partial charge in [-0.2, -0.15) is 0 Å². The molecule has 98 valence electrons. The summed E-state index contributed by atoms with van der Waals surface area (Å²) in [6.45, 7) is 4.64. The Morgan fingerprint density at radius 3 is 2.61 bits per heavy atom. The van der Waals surface area contributed by atoms with Crippen LogP contribution in [-0.2, 0) is 22.9 Å². The molecule has 0 heterocycles. The Balaban J connectivity index is 0.00000144. The van der Waals surface area contributed by atoms with Gasteiger partial charge < -0.3 is 24.8 Å². The fourth-order valence-electron chi connectivity index (χ4n) is 2.24. The molecule has 0 atom stereocenters. The van der Waals surface area contributed by atoms with Crippen molar-refractivity contribution >= 4 is 0 Å². The van der Waals surface area contributed by atoms with Crippen LogP contribution in [0.25, 0.3) is 0 Å². The number of hydrogen-bond acceptors (Lipinski definition) is 0. The third-order valence-electron chi connectivity index (χ3n) is 3.26. The fraction of sp³-hybridized carbons (Fsp3) is 0.467. The van der Waals surface area contributed by atoms with Crippen LogP contribution in [0.3, 0.4) is 0 Å². The second kappa shape index (κ2) is 9.34. The molecule has 0 radical (unpaired) electrons. The van der Waals surface area contributed by atoms with Crippen molar-refractivity contribution < 1.29 is 47.7 Å². The normalized spacial score (nSPS) is 16.8. The molecule has 0 bridgehead atoms. The Labute approximate surface area is 135 Å². The molecule has 0 aliphatic heterocycles. The van der Waals surface area contributed by atoms with Gasteiger partial charge in [0.25, 0.3) is 0 Å². The standard InChI is InChI=1S/C10H15.C5H5.2ClH.Hf/c1-3-4-5-10-7-6-9(2)8-10;1-2-4-5-3-1;;;/h7H,3-6H2,1-2H3;1-3H,4H2;2*1H;/q;;;;+2/p-2. The summed E-state index contributed by atoms with van der Waals surface area (Å²) < 4.78 is 3.61. The first kappa shape index (κ1) is 18.4. The second-order valence-corrected chi connectivity index (χ2v) is 9.64. The van der Waals surface area contributed by atoms with Crippen LogP contribution >= 0.6 is 0 Å². The van der Waals surface area contributed by atoms with E-state index >= 15 is 0 Å². The van der Waals surface area contributed by atoms with E-state index in [1.807, 2.05) is 3.33 Å². The molecule has 0 aromatic rings. The summed E-state index contributed by atoms with van der Waals surface area (Å²) in [5.74, 6) is 0. The van der Waals surface area contributed by atoms with Gasteiger partial charge in [-0.05, 0) is 0 Å². The maximum absolute atomic E-state index is 2.50. The predicted molar refractivity (Wildman–Crippen MR) is 66.8 cm³/mol. The van der Waals surface area contributed by atoms with Gasteiger partial charge in [0.1, 0.15) is 0 Å². The molecule has 3 heteroatoms. The van der Waals surface area contributed by atoms with Gasteiger partial charge in [0, 0.05) is 0 Å². The topological polar surface area (TPSA) is 0 Å². The van der Waals surface area contributed by atoms with Crippen LogP contribution in [0.15, 0.2) is 42.1 Å². The summed E-state index contributed by atoms with van der Waals surface area (Å²) in [7, 11) is 0. The molecule has 2 rings (SSSR count). The van der Waals surface area contributed by atoms with E-state index < -0.39 is 22.9 Å². The average Bonchev–Trinajstić information content (AvgIpc) is 2.89. The van der Waals surface area contributed by atoms with E-state index in [9.17, 15) is 0 Å². The van der Waals surface area contributed by atoms with Crippen molar-refractivity contribution in [3.05, 3.63) is 42.1 Å². The van der Waals surface area contributed by atoms with E-state index in [2.05, 4.69) is 38.2 Å². The summed E-state index contributed by atoms with van der Waals surface area (Å²) in [6.07, 6.45) is 15.9. The van der Waals surface area contributed by atoms with Gasteiger partial charge in [-0.1, -0.05) is 0 Å². The number of rotatable bonds is 5. The maximum Gasteiger partial charge on any atom is -1.00 e. The fourth-order valence-corrected chi connectivity index (χ4v) is 7.35. The zero-order valence-corrected chi connectivity index (χ0v) is 16.2. The Morgan fingerprint density at radius 2 is 2.00 bits per heavy atom. The van der Waals surface area contributed by atoms with E-state index in [-0.39, 0.29) is 24.8 Å². The van der Waals surface area contributed by atoms with E-state index in [1.165, 1.54) is 32.1 Å². The Morgan fingerprint density at radius 1 is 1.22 bits per heavy atom. The molecular formula is C15H20Cl2Hf. The summed E-state index contributed by atoms with van der Waals surface area (Å²) >= 11 is -0.684. The Hall–Kier alpha value is 0.410. The van der Waals surface area contributed by atoms with Crippen molar-refractivity contribution in [2.75, 3.05) is 0 Å². The molecule has 18 heavy (non-hydrogen) atoms. The quantitative estimate of drug-likeness (QED) is 0.459. The van der Waals surface area contributed by atoms with Crippen molar-refractivity contribution in [1.29, 1.82) is 0 Å². The molecule has 0 aromatic carbocycles. The van der Waals surface area contributed by atoms with Gasteiger partial charge in [-0.25, -0.2) is 0 Å². The summed E-state index contributed by atoms with van der Waals surface area (Å²) in [5, 5.41) is 0. The second-order valence-electron chi connectivity index (χ2n) is 4.64. The average molecular weight is 450 g/mol. The molecular weight excluding hydrogens is 430 g/mol. The van der Waals surface area contributed by atoms with Crippen LogP contribution in [0.2, 0.25) is 0 Å². The summed E-state index contributed by atoms with van der Waals surface area (Å²) in [6, 6.07) is 0. The number of unbranched alkanes of at least 4 members (excludes halogenated alkanes) is 1. The Bertz CT molecular complexity index is 389. The van der Waals surface area contributed by atoms with E-state index in [0.717, 1.165) is 0 Å². The minimum atomic E-state index is -0.684.